The molecule has 8 heteroatoms. The number of anilines is 1. The fourth-order valence-corrected chi connectivity index (χ4v) is 3.00. The zero-order valence-electron chi connectivity index (χ0n) is 14.2. The number of hydrogen-bond donors (Lipinski definition) is 1. The Morgan fingerprint density at radius 3 is 2.43 bits per heavy atom. The van der Waals surface area contributed by atoms with Gasteiger partial charge in [-0.15, -0.1) is 0 Å². The molecule has 140 valence electrons. The third kappa shape index (κ3) is 3.13. The van der Waals surface area contributed by atoms with E-state index in [1.54, 1.807) is 30.3 Å². The molecule has 0 bridgehead atoms. The van der Waals surface area contributed by atoms with Crippen molar-refractivity contribution in [1.29, 1.82) is 0 Å². The lowest BCUT2D eigenvalue weighted by atomic mass is 9.97. The van der Waals surface area contributed by atoms with Crippen molar-refractivity contribution < 1.29 is 17.6 Å². The maximum atomic E-state index is 13.7. The van der Waals surface area contributed by atoms with Gasteiger partial charge in [-0.1, -0.05) is 12.1 Å². The van der Waals surface area contributed by atoms with Gasteiger partial charge in [-0.3, -0.25) is 4.98 Å². The highest BCUT2D eigenvalue weighted by Gasteiger charge is 2.34. The van der Waals surface area contributed by atoms with E-state index in [2.05, 4.69) is 15.0 Å². The summed E-state index contributed by atoms with van der Waals surface area (Å²) in [5.74, 6) is -1.04. The number of alkyl halides is 3. The number of hydrogen-bond acceptors (Lipinski definition) is 4. The van der Waals surface area contributed by atoms with Gasteiger partial charge in [0.1, 0.15) is 18.0 Å². The Hall–Kier alpha value is -3.55. The number of rotatable bonds is 2. The minimum Gasteiger partial charge on any atom is -0.383 e. The number of benzene rings is 2. The predicted molar refractivity (Wildman–Crippen MR) is 97.6 cm³/mol. The summed E-state index contributed by atoms with van der Waals surface area (Å²) in [6, 6.07) is 11.5. The number of aromatic nitrogens is 3. The van der Waals surface area contributed by atoms with Gasteiger partial charge in [-0.2, -0.15) is 13.2 Å². The molecule has 0 aliphatic heterocycles. The predicted octanol–water partition coefficient (Wildman–Crippen LogP) is 5.10. The van der Waals surface area contributed by atoms with Crippen LogP contribution in [0, 0.1) is 5.82 Å². The monoisotopic (exact) mass is 384 g/mol. The van der Waals surface area contributed by atoms with Crippen LogP contribution in [0.1, 0.15) is 5.56 Å². The van der Waals surface area contributed by atoms with Gasteiger partial charge in [0.15, 0.2) is 0 Å². The smallest absolute Gasteiger partial charge is 0.383 e. The molecule has 4 aromatic rings. The molecule has 4 rings (SSSR count). The summed E-state index contributed by atoms with van der Waals surface area (Å²) < 4.78 is 53.0. The first kappa shape index (κ1) is 17.8. The van der Waals surface area contributed by atoms with E-state index in [1.807, 2.05) is 0 Å². The fraction of sp³-hybridized carbons (Fsp3) is 0.0500. The van der Waals surface area contributed by atoms with Crippen molar-refractivity contribution >= 4 is 16.7 Å². The zero-order chi connectivity index (χ0) is 19.9. The van der Waals surface area contributed by atoms with Crippen molar-refractivity contribution in [2.75, 3.05) is 5.73 Å². The molecule has 0 aliphatic rings. The first-order chi connectivity index (χ1) is 13.3. The average molecular weight is 384 g/mol. The maximum Gasteiger partial charge on any atom is 0.419 e. The standard InChI is InChI=1S/C20H12F4N4/c21-16-5-3-12(9-15(16)20(22,23)24)18-13(2-1-7-26-18)11-4-6-17-14(8-11)19(25)28-10-27-17/h1-10H,(H2,25,27,28). The van der Waals surface area contributed by atoms with Crippen LogP contribution in [0.25, 0.3) is 33.3 Å². The molecule has 0 atom stereocenters. The second kappa shape index (κ2) is 6.56. The molecule has 0 unspecified atom stereocenters. The van der Waals surface area contributed by atoms with Crippen molar-refractivity contribution in [3.05, 3.63) is 72.4 Å². The molecule has 2 aromatic carbocycles. The number of halogens is 4. The third-order valence-corrected chi connectivity index (χ3v) is 4.33. The normalized spacial score (nSPS) is 11.7. The van der Waals surface area contributed by atoms with Crippen LogP contribution in [0.2, 0.25) is 0 Å². The minimum absolute atomic E-state index is 0.154. The van der Waals surface area contributed by atoms with Crippen molar-refractivity contribution in [3.63, 3.8) is 0 Å². The summed E-state index contributed by atoms with van der Waals surface area (Å²) in [7, 11) is 0. The van der Waals surface area contributed by atoms with Crippen molar-refractivity contribution in [2.24, 2.45) is 0 Å². The van der Waals surface area contributed by atoms with E-state index in [1.165, 1.54) is 18.6 Å². The Bertz CT molecular complexity index is 1190. The van der Waals surface area contributed by atoms with Crippen LogP contribution >= 0.6 is 0 Å². The average Bonchev–Trinajstić information content (AvgIpc) is 2.68. The largest absolute Gasteiger partial charge is 0.419 e. The number of nitrogens with two attached hydrogens (primary N) is 1. The van der Waals surface area contributed by atoms with Gasteiger partial charge in [-0.05, 0) is 42.0 Å². The lowest BCUT2D eigenvalue weighted by Crippen LogP contribution is -2.08. The summed E-state index contributed by atoms with van der Waals surface area (Å²) in [5, 5.41) is 0.616. The van der Waals surface area contributed by atoms with Crippen LogP contribution in [0.15, 0.2) is 61.1 Å². The Balaban J connectivity index is 1.91. The van der Waals surface area contributed by atoms with Crippen molar-refractivity contribution in [3.8, 4) is 22.4 Å². The van der Waals surface area contributed by atoms with E-state index in [9.17, 15) is 17.6 Å². The molecule has 0 saturated carbocycles. The summed E-state index contributed by atoms with van der Waals surface area (Å²) in [6.45, 7) is 0. The third-order valence-electron chi connectivity index (χ3n) is 4.33. The summed E-state index contributed by atoms with van der Waals surface area (Å²) in [4.78, 5) is 12.3. The Morgan fingerprint density at radius 1 is 0.857 bits per heavy atom. The highest BCUT2D eigenvalue weighted by Crippen LogP contribution is 2.37. The van der Waals surface area contributed by atoms with E-state index in [0.29, 0.717) is 33.5 Å². The zero-order valence-corrected chi connectivity index (χ0v) is 14.2. The lowest BCUT2D eigenvalue weighted by Gasteiger charge is -2.13. The highest BCUT2D eigenvalue weighted by atomic mass is 19.4. The van der Waals surface area contributed by atoms with Crippen LogP contribution in [-0.2, 0) is 6.18 Å². The first-order valence-corrected chi connectivity index (χ1v) is 8.17. The molecule has 0 spiro atoms. The second-order valence-corrected chi connectivity index (χ2v) is 6.08. The quantitative estimate of drug-likeness (QED) is 0.489. The highest BCUT2D eigenvalue weighted by molar-refractivity contribution is 5.93. The van der Waals surface area contributed by atoms with Crippen molar-refractivity contribution in [1.82, 2.24) is 15.0 Å². The molecule has 0 aliphatic carbocycles. The van der Waals surface area contributed by atoms with Gasteiger partial charge in [0.25, 0.3) is 0 Å². The van der Waals surface area contributed by atoms with Gasteiger partial charge < -0.3 is 5.73 Å². The minimum atomic E-state index is -4.80. The maximum absolute atomic E-state index is 13.7. The van der Waals surface area contributed by atoms with E-state index >= 15 is 0 Å². The van der Waals surface area contributed by atoms with Crippen LogP contribution < -0.4 is 5.73 Å². The molecule has 2 N–H and O–H groups in total. The van der Waals surface area contributed by atoms with Gasteiger partial charge in [0, 0.05) is 22.7 Å². The van der Waals surface area contributed by atoms with Crippen LogP contribution in [0.3, 0.4) is 0 Å². The molecule has 0 radical (unpaired) electrons. The molecule has 4 nitrogen and oxygen atoms in total. The Labute approximate surface area is 156 Å². The topological polar surface area (TPSA) is 64.7 Å². The Kier molecular flexibility index (Phi) is 4.18. The van der Waals surface area contributed by atoms with Crippen molar-refractivity contribution in [2.45, 2.75) is 6.18 Å². The number of nitrogens with zero attached hydrogens (tertiary/aromatic N) is 3. The van der Waals surface area contributed by atoms with Gasteiger partial charge >= 0.3 is 6.18 Å². The first-order valence-electron chi connectivity index (χ1n) is 8.17. The number of nitrogen functional groups attached to an aromatic ring is 1. The SMILES string of the molecule is Nc1ncnc2ccc(-c3cccnc3-c3ccc(F)c(C(F)(F)F)c3)cc12. The van der Waals surface area contributed by atoms with Gasteiger partial charge in [-0.25, -0.2) is 14.4 Å². The summed E-state index contributed by atoms with van der Waals surface area (Å²) >= 11 is 0. The molecule has 0 amide bonds. The van der Waals surface area contributed by atoms with Gasteiger partial charge in [0.05, 0.1) is 16.8 Å². The van der Waals surface area contributed by atoms with Gasteiger partial charge in [0.2, 0.25) is 0 Å². The molecule has 2 heterocycles. The molecule has 2 aromatic heterocycles. The number of fused-ring (bicyclic) bond motifs is 1. The molecule has 28 heavy (non-hydrogen) atoms. The summed E-state index contributed by atoms with van der Waals surface area (Å²) in [5.41, 5.74) is 6.91. The van der Waals surface area contributed by atoms with E-state index in [-0.39, 0.29) is 5.56 Å². The lowest BCUT2D eigenvalue weighted by molar-refractivity contribution is -0.139. The van der Waals surface area contributed by atoms with Crippen LogP contribution in [-0.4, -0.2) is 15.0 Å². The second-order valence-electron chi connectivity index (χ2n) is 6.08. The fourth-order valence-electron chi connectivity index (χ4n) is 3.00. The van der Waals surface area contributed by atoms with E-state index in [0.717, 1.165) is 12.1 Å². The molecular weight excluding hydrogens is 372 g/mol. The van der Waals surface area contributed by atoms with Crippen LogP contribution in [0.5, 0.6) is 0 Å². The van der Waals surface area contributed by atoms with Crippen LogP contribution in [0.4, 0.5) is 23.4 Å². The molecular formula is C20H12F4N4. The summed E-state index contributed by atoms with van der Waals surface area (Å²) in [6.07, 6.45) is -1.98. The molecule has 0 fully saturated rings. The molecule has 0 saturated heterocycles. The van der Waals surface area contributed by atoms with E-state index in [4.69, 9.17) is 5.73 Å². The van der Waals surface area contributed by atoms with E-state index < -0.39 is 17.6 Å². The number of pyridine rings is 1. The Morgan fingerprint density at radius 2 is 1.64 bits per heavy atom.